The highest BCUT2D eigenvalue weighted by molar-refractivity contribution is 7.80. The number of non-ortho nitro benzene ring substituents is 2. The minimum atomic E-state index is -5.21. The molecule has 2 amide bonds. The van der Waals surface area contributed by atoms with Crippen LogP contribution < -0.4 is 21.3 Å². The second-order valence-electron chi connectivity index (χ2n) is 20.5. The highest BCUT2D eigenvalue weighted by atomic mass is 32.1. The maximum absolute atomic E-state index is 14.7. The van der Waals surface area contributed by atoms with E-state index in [2.05, 4.69) is 21.3 Å². The van der Waals surface area contributed by atoms with Crippen molar-refractivity contribution in [2.75, 3.05) is 30.3 Å². The first kappa shape index (κ1) is 60.1. The number of thiocarbonyl (C=S) groups is 2. The summed E-state index contributed by atoms with van der Waals surface area (Å²) >= 11 is 10.9. The molecule has 2 aliphatic rings. The van der Waals surface area contributed by atoms with Crippen LogP contribution in [0.5, 0.6) is 0 Å². The fraction of sp³-hybridized carbons (Fsp3) is 0.431. The molecule has 0 bridgehead atoms. The zero-order chi connectivity index (χ0) is 57.9. The van der Waals surface area contributed by atoms with Gasteiger partial charge in [-0.25, -0.2) is 4.79 Å². The number of esters is 1. The van der Waals surface area contributed by atoms with Crippen LogP contribution in [0.3, 0.4) is 0 Å². The predicted molar refractivity (Wildman–Crippen MR) is 276 cm³/mol. The summed E-state index contributed by atoms with van der Waals surface area (Å²) in [6.07, 6.45) is -13.7. The number of halogens is 9. The van der Waals surface area contributed by atoms with Gasteiger partial charge in [-0.2, -0.15) is 39.5 Å². The van der Waals surface area contributed by atoms with Crippen LogP contribution >= 0.6 is 24.4 Å². The van der Waals surface area contributed by atoms with E-state index >= 15 is 0 Å². The van der Waals surface area contributed by atoms with Crippen molar-refractivity contribution in [1.29, 1.82) is 0 Å². The Balaban J connectivity index is 1.21. The van der Waals surface area contributed by atoms with Gasteiger partial charge < -0.3 is 35.8 Å². The molecule has 2 aliphatic heterocycles. The van der Waals surface area contributed by atoms with Gasteiger partial charge in [0.15, 0.2) is 10.2 Å². The number of likely N-dealkylation sites (tertiary alicyclic amines) is 2. The molecule has 1 unspecified atom stereocenters. The Labute approximate surface area is 451 Å². The van der Waals surface area contributed by atoms with Gasteiger partial charge in [-0.3, -0.25) is 29.8 Å². The first-order valence-corrected chi connectivity index (χ1v) is 24.9. The molecule has 27 heteroatoms. The van der Waals surface area contributed by atoms with Crippen LogP contribution in [0.2, 0.25) is 0 Å². The third kappa shape index (κ3) is 14.9. The lowest BCUT2D eigenvalue weighted by Crippen LogP contribution is -2.56. The topological polar surface area (TPSA) is 201 Å². The van der Waals surface area contributed by atoms with Crippen molar-refractivity contribution in [2.24, 2.45) is 10.8 Å². The quantitative estimate of drug-likeness (QED) is 0.0288. The number of benzene rings is 4. The van der Waals surface area contributed by atoms with E-state index in [0.717, 1.165) is 6.07 Å². The number of ether oxygens (including phenoxy) is 1. The van der Waals surface area contributed by atoms with E-state index in [1.165, 1.54) is 55.1 Å². The number of anilines is 2. The Kier molecular flexibility index (Phi) is 18.0. The normalized spacial score (nSPS) is 16.9. The average molecular weight is 1140 g/mol. The van der Waals surface area contributed by atoms with E-state index < -0.39 is 121 Å². The molecule has 0 aromatic heterocycles. The average Bonchev–Trinajstić information content (AvgIpc) is 4.05. The van der Waals surface area contributed by atoms with E-state index in [1.807, 2.05) is 0 Å². The van der Waals surface area contributed by atoms with Crippen molar-refractivity contribution >= 4 is 75.2 Å². The number of nitro groups is 2. The number of hydrogen-bond acceptors (Lipinski definition) is 10. The fourth-order valence-corrected chi connectivity index (χ4v) is 9.67. The summed E-state index contributed by atoms with van der Waals surface area (Å²) in [5, 5.41) is 32.3. The number of alkyl halides is 9. The Morgan fingerprint density at radius 1 is 0.615 bits per heavy atom. The molecule has 78 heavy (non-hydrogen) atoms. The number of nitrogens with one attached hydrogen (secondary N) is 4. The van der Waals surface area contributed by atoms with E-state index in [-0.39, 0.29) is 41.2 Å². The zero-order valence-electron chi connectivity index (χ0n) is 42.3. The van der Waals surface area contributed by atoms with Crippen molar-refractivity contribution < 1.29 is 68.5 Å². The maximum atomic E-state index is 14.7. The van der Waals surface area contributed by atoms with E-state index in [9.17, 15) is 74.1 Å². The SMILES string of the molecule is CC(C)(CCOC(=O)c1cc(NC(=S)N[C@@H](C(=O)N2CCC[C@H]2c2ccc([N+](=O)[O-])cc2)C(C)(C)C)cc(C(F)(F)F)c1)C(NC(=S)Nc1cc(C(F)(F)F)cc(C(F)(F)F)c1)C(=O)N1CCC[C@H]1c1ccc([N+](=O)[O-])cc1. The van der Waals surface area contributed by atoms with Crippen LogP contribution in [0, 0.1) is 31.1 Å². The Bertz CT molecular complexity index is 2900. The molecule has 0 radical (unpaired) electrons. The first-order valence-electron chi connectivity index (χ1n) is 24.1. The molecule has 2 saturated heterocycles. The van der Waals surface area contributed by atoms with Crippen LogP contribution in [0.4, 0.5) is 62.3 Å². The van der Waals surface area contributed by atoms with E-state index in [0.29, 0.717) is 67.6 Å². The van der Waals surface area contributed by atoms with Gasteiger partial charge in [-0.05, 0) is 115 Å². The molecule has 2 heterocycles. The first-order chi connectivity index (χ1) is 36.1. The summed E-state index contributed by atoms with van der Waals surface area (Å²) in [5.41, 5.74) is -7.67. The van der Waals surface area contributed by atoms with Gasteiger partial charge in [0, 0.05) is 48.7 Å². The standard InChI is InChI=1S/C51H53F9N8O8S2/c1-47(2,3)40(42(69)65-19-6-8-38(65)28-10-14-36(15-11-28)67(72)73)63-45(77)61-34-23-30(22-31(25-34)49(52,53)54)44(71)76-21-18-48(4,5)41(43(70)66-20-7-9-39(66)29-12-16-37(17-13-29)68(74)75)64-46(78)62-35-26-32(50(55,56)57)24-33(27-35)51(58,59)60/h10-17,22-27,38-41H,6-9,18-21H2,1-5H3,(H2,61,63,77)(H2,62,64,78)/t38-,39-,40-,41?/m0/s1. The van der Waals surface area contributed by atoms with Crippen LogP contribution in [-0.4, -0.2) is 79.4 Å². The van der Waals surface area contributed by atoms with E-state index in [4.69, 9.17) is 29.2 Å². The number of carbonyl (C=O) groups excluding carboxylic acids is 3. The highest BCUT2D eigenvalue weighted by Crippen LogP contribution is 2.40. The molecular formula is C51H53F9N8O8S2. The molecule has 4 aromatic carbocycles. The fourth-order valence-electron chi connectivity index (χ4n) is 9.20. The molecule has 2 fully saturated rings. The van der Waals surface area contributed by atoms with Gasteiger partial charge >= 0.3 is 24.5 Å². The largest absolute Gasteiger partial charge is 0.462 e. The lowest BCUT2D eigenvalue weighted by Gasteiger charge is -2.38. The molecule has 4 N–H and O–H groups in total. The Morgan fingerprint density at radius 3 is 1.40 bits per heavy atom. The molecule has 4 atom stereocenters. The van der Waals surface area contributed by atoms with Crippen molar-refractivity contribution in [1.82, 2.24) is 20.4 Å². The lowest BCUT2D eigenvalue weighted by atomic mass is 9.80. The molecule has 16 nitrogen and oxygen atoms in total. The summed E-state index contributed by atoms with van der Waals surface area (Å²) < 4.78 is 131. The molecule has 0 aliphatic carbocycles. The second kappa shape index (κ2) is 23.4. The van der Waals surface area contributed by atoms with Gasteiger partial charge in [-0.15, -0.1) is 0 Å². The molecular weight excluding hydrogens is 1090 g/mol. The predicted octanol–water partition coefficient (Wildman–Crippen LogP) is 11.9. The van der Waals surface area contributed by atoms with Gasteiger partial charge in [0.05, 0.1) is 50.8 Å². The van der Waals surface area contributed by atoms with Crippen molar-refractivity contribution in [2.45, 2.75) is 109 Å². The lowest BCUT2D eigenvalue weighted by molar-refractivity contribution is -0.385. The molecule has 0 spiro atoms. The number of rotatable bonds is 15. The third-order valence-electron chi connectivity index (χ3n) is 13.3. The molecule has 6 rings (SSSR count). The summed E-state index contributed by atoms with van der Waals surface area (Å²) in [4.78, 5) is 67.1. The van der Waals surface area contributed by atoms with Crippen molar-refractivity contribution in [3.05, 3.63) is 139 Å². The molecule has 4 aromatic rings. The van der Waals surface area contributed by atoms with Crippen molar-refractivity contribution in [3.8, 4) is 0 Å². The van der Waals surface area contributed by atoms with Gasteiger partial charge in [0.1, 0.15) is 12.1 Å². The number of nitro benzene ring substituents is 2. The monoisotopic (exact) mass is 1140 g/mol. The summed E-state index contributed by atoms with van der Waals surface area (Å²) in [5.74, 6) is -2.35. The molecule has 420 valence electrons. The third-order valence-corrected chi connectivity index (χ3v) is 13.8. The summed E-state index contributed by atoms with van der Waals surface area (Å²) in [6, 6.07) is 10.5. The van der Waals surface area contributed by atoms with Gasteiger partial charge in [0.2, 0.25) is 11.8 Å². The summed E-state index contributed by atoms with van der Waals surface area (Å²) in [7, 11) is 0. The maximum Gasteiger partial charge on any atom is 0.416 e. The number of amides is 2. The van der Waals surface area contributed by atoms with Gasteiger partial charge in [0.25, 0.3) is 11.4 Å². The molecule has 0 saturated carbocycles. The van der Waals surface area contributed by atoms with Crippen LogP contribution in [-0.2, 0) is 32.9 Å². The zero-order valence-corrected chi connectivity index (χ0v) is 44.0. The minimum absolute atomic E-state index is 0.0845. The van der Waals surface area contributed by atoms with E-state index in [1.54, 1.807) is 37.8 Å². The second-order valence-corrected chi connectivity index (χ2v) is 21.3. The van der Waals surface area contributed by atoms with Crippen LogP contribution in [0.15, 0.2) is 84.9 Å². The Morgan fingerprint density at radius 2 is 1.00 bits per heavy atom. The van der Waals surface area contributed by atoms with Crippen LogP contribution in [0.25, 0.3) is 0 Å². The minimum Gasteiger partial charge on any atom is -0.462 e. The number of nitrogens with zero attached hydrogens (tertiary/aromatic N) is 4. The van der Waals surface area contributed by atoms with Crippen LogP contribution in [0.1, 0.15) is 117 Å². The van der Waals surface area contributed by atoms with Gasteiger partial charge in [-0.1, -0.05) is 58.9 Å². The smallest absolute Gasteiger partial charge is 0.416 e. The Hall–Kier alpha value is -7.16. The highest BCUT2D eigenvalue weighted by Gasteiger charge is 2.44. The van der Waals surface area contributed by atoms with Crippen molar-refractivity contribution in [3.63, 3.8) is 0 Å². The number of hydrogen-bond donors (Lipinski definition) is 4. The summed E-state index contributed by atoms with van der Waals surface area (Å²) in [6.45, 7) is 8.11. The number of carbonyl (C=O) groups is 3.